The van der Waals surface area contributed by atoms with Crippen LogP contribution in [0, 0.1) is 20.2 Å². The van der Waals surface area contributed by atoms with E-state index >= 15 is 0 Å². The molecular weight excluding hydrogens is 595 g/mol. The zero-order valence-corrected chi connectivity index (χ0v) is 23.5. The number of nitro groups is 2. The lowest BCUT2D eigenvalue weighted by atomic mass is 9.92. The van der Waals surface area contributed by atoms with Crippen LogP contribution < -0.4 is 21.3 Å². The molecule has 14 heteroatoms. The van der Waals surface area contributed by atoms with Crippen molar-refractivity contribution in [2.24, 2.45) is 0 Å². The first kappa shape index (κ1) is 28.9. The van der Waals surface area contributed by atoms with Crippen molar-refractivity contribution < 1.29 is 9.85 Å². The van der Waals surface area contributed by atoms with Gasteiger partial charge in [0.15, 0.2) is 15.9 Å². The van der Waals surface area contributed by atoms with E-state index in [-0.39, 0.29) is 21.6 Å². The first-order chi connectivity index (χ1) is 19.0. The second kappa shape index (κ2) is 12.4. The Morgan fingerprint density at radius 3 is 1.75 bits per heavy atom. The SMILES string of the molecule is O=[N+]([O-])c1ccc(NC(=S)NC2(NC(=S)Nc3ccc([N+](=O)[O-])cc3)C=CC(c3cccc(Cl)c3)=CC2Cl)cc1. The Balaban J connectivity index is 1.56. The fourth-order valence-electron chi connectivity index (χ4n) is 3.80. The molecule has 0 aliphatic heterocycles. The van der Waals surface area contributed by atoms with Gasteiger partial charge in [-0.15, -0.1) is 11.6 Å². The molecule has 0 spiro atoms. The number of rotatable bonds is 7. The molecule has 40 heavy (non-hydrogen) atoms. The number of nitrogens with zero attached hydrogens (tertiary/aromatic N) is 2. The number of allylic oxidation sites excluding steroid dienone is 2. The molecule has 0 heterocycles. The lowest BCUT2D eigenvalue weighted by Gasteiger charge is -2.39. The third kappa shape index (κ3) is 7.10. The summed E-state index contributed by atoms with van der Waals surface area (Å²) >= 11 is 24.2. The highest BCUT2D eigenvalue weighted by Crippen LogP contribution is 2.31. The monoisotopic (exact) mass is 614 g/mol. The van der Waals surface area contributed by atoms with E-state index in [1.54, 1.807) is 12.1 Å². The van der Waals surface area contributed by atoms with Gasteiger partial charge in [-0.2, -0.15) is 0 Å². The summed E-state index contributed by atoms with van der Waals surface area (Å²) in [4.78, 5) is 20.9. The van der Waals surface area contributed by atoms with Crippen LogP contribution in [0.4, 0.5) is 22.7 Å². The molecule has 4 N–H and O–H groups in total. The van der Waals surface area contributed by atoms with Crippen molar-refractivity contribution in [2.75, 3.05) is 10.6 Å². The molecule has 0 aromatic heterocycles. The molecule has 0 radical (unpaired) electrons. The molecule has 3 aromatic rings. The highest BCUT2D eigenvalue weighted by molar-refractivity contribution is 7.80. The number of hydrogen-bond donors (Lipinski definition) is 4. The summed E-state index contributed by atoms with van der Waals surface area (Å²) in [6.45, 7) is 0. The van der Waals surface area contributed by atoms with Crippen LogP contribution in [0.25, 0.3) is 5.57 Å². The maximum absolute atomic E-state index is 11.0. The van der Waals surface area contributed by atoms with Crippen molar-refractivity contribution in [3.8, 4) is 0 Å². The number of benzene rings is 3. The van der Waals surface area contributed by atoms with Crippen LogP contribution in [-0.2, 0) is 0 Å². The topological polar surface area (TPSA) is 134 Å². The highest BCUT2D eigenvalue weighted by atomic mass is 35.5. The second-order valence-corrected chi connectivity index (χ2v) is 10.2. The van der Waals surface area contributed by atoms with E-state index in [4.69, 9.17) is 47.6 Å². The first-order valence-electron chi connectivity index (χ1n) is 11.5. The van der Waals surface area contributed by atoms with Gasteiger partial charge in [-0.05, 0) is 78.0 Å². The maximum atomic E-state index is 11.0. The summed E-state index contributed by atoms with van der Waals surface area (Å²) in [6, 6.07) is 18.9. The highest BCUT2D eigenvalue weighted by Gasteiger charge is 2.38. The number of nitro benzene ring substituents is 2. The van der Waals surface area contributed by atoms with Gasteiger partial charge < -0.3 is 21.3 Å². The van der Waals surface area contributed by atoms with Crippen LogP contribution in [-0.4, -0.2) is 31.1 Å². The Labute approximate surface area is 249 Å². The smallest absolute Gasteiger partial charge is 0.269 e. The molecule has 1 atom stereocenters. The molecule has 0 saturated heterocycles. The molecule has 1 aliphatic rings. The number of anilines is 2. The zero-order chi connectivity index (χ0) is 28.9. The molecule has 3 aromatic carbocycles. The largest absolute Gasteiger partial charge is 0.335 e. The minimum atomic E-state index is -1.22. The molecule has 0 amide bonds. The van der Waals surface area contributed by atoms with Gasteiger partial charge in [0.1, 0.15) is 0 Å². The normalized spacial score (nSPS) is 15.3. The van der Waals surface area contributed by atoms with E-state index in [2.05, 4.69) is 21.3 Å². The number of non-ortho nitro benzene ring substituents is 2. The Kier molecular flexibility index (Phi) is 8.95. The van der Waals surface area contributed by atoms with E-state index in [0.717, 1.165) is 11.1 Å². The lowest BCUT2D eigenvalue weighted by Crippen LogP contribution is -2.66. The average Bonchev–Trinajstić information content (AvgIpc) is 2.90. The van der Waals surface area contributed by atoms with Crippen LogP contribution in [0.15, 0.2) is 91.0 Å². The number of alkyl halides is 1. The quantitative estimate of drug-likeness (QED) is 0.0779. The van der Waals surface area contributed by atoms with Crippen molar-refractivity contribution in [2.45, 2.75) is 11.0 Å². The van der Waals surface area contributed by atoms with E-state index in [1.165, 1.54) is 48.5 Å². The van der Waals surface area contributed by atoms with Gasteiger partial charge in [-0.1, -0.05) is 35.9 Å². The van der Waals surface area contributed by atoms with Crippen LogP contribution in [0.5, 0.6) is 0 Å². The summed E-state index contributed by atoms with van der Waals surface area (Å²) in [5.41, 5.74) is 1.39. The van der Waals surface area contributed by atoms with Gasteiger partial charge in [0, 0.05) is 40.7 Å². The second-order valence-electron chi connectivity index (χ2n) is 8.50. The fourth-order valence-corrected chi connectivity index (χ4v) is 4.89. The van der Waals surface area contributed by atoms with E-state index in [1.807, 2.05) is 30.4 Å². The molecule has 0 bridgehead atoms. The molecule has 4 rings (SSSR count). The summed E-state index contributed by atoms with van der Waals surface area (Å²) in [7, 11) is 0. The van der Waals surface area contributed by atoms with Gasteiger partial charge in [0.2, 0.25) is 0 Å². The van der Waals surface area contributed by atoms with Crippen molar-refractivity contribution in [3.05, 3.63) is 122 Å². The fraction of sp³-hybridized carbons (Fsp3) is 0.0769. The van der Waals surface area contributed by atoms with Gasteiger partial charge in [0.05, 0.1) is 15.2 Å². The third-order valence-electron chi connectivity index (χ3n) is 5.76. The Hall–Kier alpha value is -4.10. The minimum absolute atomic E-state index is 0.0556. The molecular formula is C26H20Cl2N6O4S2. The summed E-state index contributed by atoms with van der Waals surface area (Å²) < 4.78 is 0. The number of halogens is 2. The van der Waals surface area contributed by atoms with Gasteiger partial charge in [0.25, 0.3) is 11.4 Å². The summed E-state index contributed by atoms with van der Waals surface area (Å²) in [5, 5.41) is 34.4. The third-order valence-corrected chi connectivity index (χ3v) is 6.87. The average molecular weight is 616 g/mol. The first-order valence-corrected chi connectivity index (χ1v) is 13.2. The summed E-state index contributed by atoms with van der Waals surface area (Å²) in [6.07, 6.45) is 5.43. The van der Waals surface area contributed by atoms with Gasteiger partial charge >= 0.3 is 0 Å². The minimum Gasteiger partial charge on any atom is -0.335 e. The van der Waals surface area contributed by atoms with Crippen LogP contribution >= 0.6 is 47.6 Å². The predicted octanol–water partition coefficient (Wildman–Crippen LogP) is 6.39. The van der Waals surface area contributed by atoms with Crippen LogP contribution in [0.2, 0.25) is 5.02 Å². The van der Waals surface area contributed by atoms with Crippen molar-refractivity contribution in [1.29, 1.82) is 0 Å². The van der Waals surface area contributed by atoms with E-state index < -0.39 is 20.9 Å². The van der Waals surface area contributed by atoms with Gasteiger partial charge in [-0.25, -0.2) is 0 Å². The molecule has 1 unspecified atom stereocenters. The number of hydrogen-bond acceptors (Lipinski definition) is 6. The lowest BCUT2D eigenvalue weighted by molar-refractivity contribution is -0.385. The van der Waals surface area contributed by atoms with Crippen molar-refractivity contribution >= 4 is 86.2 Å². The molecule has 0 fully saturated rings. The molecule has 204 valence electrons. The standard InChI is InChI=1S/C26H20Cl2N6O4S2/c27-18-3-1-2-16(14-18)17-12-13-26(23(28)15-17,31-24(39)29-19-4-8-21(9-5-19)33(35)36)32-25(40)30-20-6-10-22(11-7-20)34(37)38/h1-15,23H,(H2,29,31,39)(H2,30,32,40). The van der Waals surface area contributed by atoms with Crippen molar-refractivity contribution in [1.82, 2.24) is 10.6 Å². The van der Waals surface area contributed by atoms with E-state index in [0.29, 0.717) is 16.4 Å². The Morgan fingerprint density at radius 1 is 0.825 bits per heavy atom. The van der Waals surface area contributed by atoms with E-state index in [9.17, 15) is 20.2 Å². The van der Waals surface area contributed by atoms with Crippen LogP contribution in [0.3, 0.4) is 0 Å². The van der Waals surface area contributed by atoms with Gasteiger partial charge in [-0.3, -0.25) is 20.2 Å². The maximum Gasteiger partial charge on any atom is 0.269 e. The number of thiocarbonyl (C=S) groups is 2. The summed E-state index contributed by atoms with van der Waals surface area (Å²) in [5.74, 6) is 0. The molecule has 0 saturated carbocycles. The number of nitrogens with one attached hydrogen (secondary N) is 4. The van der Waals surface area contributed by atoms with Crippen LogP contribution in [0.1, 0.15) is 5.56 Å². The Bertz CT molecular complexity index is 1460. The van der Waals surface area contributed by atoms with Crippen molar-refractivity contribution in [3.63, 3.8) is 0 Å². The predicted molar refractivity (Wildman–Crippen MR) is 166 cm³/mol. The molecule has 1 aliphatic carbocycles. The molecule has 10 nitrogen and oxygen atoms in total. The Morgan fingerprint density at radius 2 is 1.32 bits per heavy atom. The zero-order valence-electron chi connectivity index (χ0n) is 20.3.